The van der Waals surface area contributed by atoms with Crippen LogP contribution in [0.3, 0.4) is 0 Å². The van der Waals surface area contributed by atoms with Crippen LogP contribution in [-0.2, 0) is 6.42 Å². The molecule has 4 rings (SSSR count). The summed E-state index contributed by atoms with van der Waals surface area (Å²) in [7, 11) is 0. The van der Waals surface area contributed by atoms with Crippen molar-refractivity contribution in [3.05, 3.63) is 65.9 Å². The van der Waals surface area contributed by atoms with Gasteiger partial charge in [-0.2, -0.15) is 0 Å². The number of fused-ring (bicyclic) bond motifs is 1. The minimum atomic E-state index is 0.0218. The maximum absolute atomic E-state index is 12.7. The van der Waals surface area contributed by atoms with Crippen molar-refractivity contribution in [2.45, 2.75) is 32.6 Å². The smallest absolute Gasteiger partial charge is 0.272 e. The summed E-state index contributed by atoms with van der Waals surface area (Å²) >= 11 is 0. The van der Waals surface area contributed by atoms with Crippen molar-refractivity contribution in [1.29, 1.82) is 0 Å². The minimum absolute atomic E-state index is 0.0218. The Morgan fingerprint density at radius 3 is 2.93 bits per heavy atom. The number of aryl methyl sites for hydroxylation is 1. The predicted molar refractivity (Wildman–Crippen MR) is 105 cm³/mol. The van der Waals surface area contributed by atoms with Crippen molar-refractivity contribution in [3.63, 3.8) is 0 Å². The molecule has 1 saturated heterocycles. The van der Waals surface area contributed by atoms with E-state index in [2.05, 4.69) is 33.2 Å². The number of para-hydroxylation sites is 1. The van der Waals surface area contributed by atoms with Gasteiger partial charge < -0.3 is 4.90 Å². The first-order chi connectivity index (χ1) is 13.2. The summed E-state index contributed by atoms with van der Waals surface area (Å²) in [5.74, 6) is 1.24. The van der Waals surface area contributed by atoms with Crippen LogP contribution in [0.2, 0.25) is 0 Å². The Balaban J connectivity index is 1.41. The molecular formula is C22H24N4O. The number of benzene rings is 1. The van der Waals surface area contributed by atoms with Gasteiger partial charge in [0, 0.05) is 30.9 Å². The van der Waals surface area contributed by atoms with Gasteiger partial charge in [0.25, 0.3) is 5.91 Å². The van der Waals surface area contributed by atoms with Gasteiger partial charge in [-0.3, -0.25) is 9.78 Å². The Labute approximate surface area is 159 Å². The number of carbonyl (C=O) groups is 1. The molecule has 5 heteroatoms. The SMILES string of the molecule is Cc1nccc(C(=O)N2CCCC(Cc3cnc4ccccc4c3)CC2)n1. The highest BCUT2D eigenvalue weighted by atomic mass is 16.2. The monoisotopic (exact) mass is 360 g/mol. The molecule has 1 aromatic carbocycles. The zero-order valence-corrected chi connectivity index (χ0v) is 15.6. The number of aromatic nitrogens is 3. The van der Waals surface area contributed by atoms with Crippen molar-refractivity contribution in [2.24, 2.45) is 5.92 Å². The van der Waals surface area contributed by atoms with E-state index in [1.165, 1.54) is 10.9 Å². The summed E-state index contributed by atoms with van der Waals surface area (Å²) in [6.07, 6.45) is 7.86. The van der Waals surface area contributed by atoms with Crippen LogP contribution in [0.5, 0.6) is 0 Å². The zero-order valence-electron chi connectivity index (χ0n) is 15.6. The Hall–Kier alpha value is -2.82. The molecule has 3 heterocycles. The number of carbonyl (C=O) groups excluding carboxylic acids is 1. The van der Waals surface area contributed by atoms with Crippen LogP contribution in [0.25, 0.3) is 10.9 Å². The standard InChI is InChI=1S/C22H24N4O/c1-16-23-10-8-21(25-16)22(27)26-11-4-5-17(9-12-26)13-18-14-19-6-2-3-7-20(19)24-15-18/h2-3,6-8,10,14-15,17H,4-5,9,11-13H2,1H3. The fraction of sp³-hybridized carbons (Fsp3) is 0.364. The molecule has 0 bridgehead atoms. The summed E-state index contributed by atoms with van der Waals surface area (Å²) in [5, 5.41) is 1.19. The summed E-state index contributed by atoms with van der Waals surface area (Å²) in [4.78, 5) is 27.6. The number of rotatable bonds is 3. The quantitative estimate of drug-likeness (QED) is 0.712. The van der Waals surface area contributed by atoms with Gasteiger partial charge in [0.15, 0.2) is 0 Å². The van der Waals surface area contributed by atoms with Crippen molar-refractivity contribution in [3.8, 4) is 0 Å². The van der Waals surface area contributed by atoms with Crippen LogP contribution in [0.4, 0.5) is 0 Å². The second-order valence-electron chi connectivity index (χ2n) is 7.32. The van der Waals surface area contributed by atoms with Gasteiger partial charge in [-0.25, -0.2) is 9.97 Å². The van der Waals surface area contributed by atoms with Crippen LogP contribution in [0.15, 0.2) is 48.8 Å². The van der Waals surface area contributed by atoms with Crippen LogP contribution in [0.1, 0.15) is 41.1 Å². The molecule has 0 saturated carbocycles. The molecule has 27 heavy (non-hydrogen) atoms. The topological polar surface area (TPSA) is 59.0 Å². The first-order valence-corrected chi connectivity index (χ1v) is 9.61. The van der Waals surface area contributed by atoms with Crippen LogP contribution in [-0.4, -0.2) is 38.8 Å². The molecule has 1 aliphatic heterocycles. The highest BCUT2D eigenvalue weighted by Crippen LogP contribution is 2.24. The molecule has 0 N–H and O–H groups in total. The molecule has 1 amide bonds. The molecule has 3 aromatic rings. The second-order valence-corrected chi connectivity index (χ2v) is 7.32. The third kappa shape index (κ3) is 4.13. The summed E-state index contributed by atoms with van der Waals surface area (Å²) in [5.41, 5.74) is 2.82. The average Bonchev–Trinajstić information content (AvgIpc) is 2.93. The molecule has 0 aliphatic carbocycles. The van der Waals surface area contributed by atoms with Crippen molar-refractivity contribution in [1.82, 2.24) is 19.9 Å². The van der Waals surface area contributed by atoms with Gasteiger partial charge in [0.05, 0.1) is 5.52 Å². The summed E-state index contributed by atoms with van der Waals surface area (Å²) < 4.78 is 0. The number of pyridine rings is 1. The molecule has 1 unspecified atom stereocenters. The van der Waals surface area contributed by atoms with E-state index in [0.717, 1.165) is 44.3 Å². The lowest BCUT2D eigenvalue weighted by molar-refractivity contribution is 0.0753. The Bertz CT molecular complexity index is 956. The maximum atomic E-state index is 12.7. The molecule has 138 valence electrons. The fourth-order valence-electron chi connectivity index (χ4n) is 3.87. The van der Waals surface area contributed by atoms with E-state index in [1.54, 1.807) is 12.3 Å². The third-order valence-electron chi connectivity index (χ3n) is 5.30. The highest BCUT2D eigenvalue weighted by molar-refractivity contribution is 5.92. The van der Waals surface area contributed by atoms with E-state index in [4.69, 9.17) is 0 Å². The van der Waals surface area contributed by atoms with Crippen molar-refractivity contribution in [2.75, 3.05) is 13.1 Å². The van der Waals surface area contributed by atoms with E-state index in [0.29, 0.717) is 17.4 Å². The molecule has 5 nitrogen and oxygen atoms in total. The first kappa shape index (κ1) is 17.6. The Kier molecular flexibility index (Phi) is 5.10. The molecule has 0 radical (unpaired) electrons. The number of likely N-dealkylation sites (tertiary alicyclic amines) is 1. The molecule has 0 spiro atoms. The van der Waals surface area contributed by atoms with Crippen molar-refractivity contribution >= 4 is 16.8 Å². The van der Waals surface area contributed by atoms with E-state index in [9.17, 15) is 4.79 Å². The third-order valence-corrected chi connectivity index (χ3v) is 5.30. The van der Waals surface area contributed by atoms with Gasteiger partial charge in [0.2, 0.25) is 0 Å². The van der Waals surface area contributed by atoms with Gasteiger partial charge in [-0.1, -0.05) is 18.2 Å². The molecule has 1 fully saturated rings. The number of amides is 1. The molecule has 1 atom stereocenters. The summed E-state index contributed by atoms with van der Waals surface area (Å²) in [6, 6.07) is 12.2. The Morgan fingerprint density at radius 1 is 1.15 bits per heavy atom. The number of nitrogens with zero attached hydrogens (tertiary/aromatic N) is 4. The maximum Gasteiger partial charge on any atom is 0.272 e. The van der Waals surface area contributed by atoms with Crippen LogP contribution in [0, 0.1) is 12.8 Å². The van der Waals surface area contributed by atoms with Gasteiger partial charge in [-0.15, -0.1) is 0 Å². The van der Waals surface area contributed by atoms with E-state index in [1.807, 2.05) is 30.2 Å². The second kappa shape index (κ2) is 7.82. The largest absolute Gasteiger partial charge is 0.337 e. The number of hydrogen-bond donors (Lipinski definition) is 0. The highest BCUT2D eigenvalue weighted by Gasteiger charge is 2.22. The van der Waals surface area contributed by atoms with Crippen LogP contribution < -0.4 is 0 Å². The first-order valence-electron chi connectivity index (χ1n) is 9.61. The molecule has 1 aliphatic rings. The average molecular weight is 360 g/mol. The lowest BCUT2D eigenvalue weighted by Gasteiger charge is -2.20. The lowest BCUT2D eigenvalue weighted by Crippen LogP contribution is -2.32. The van der Waals surface area contributed by atoms with Gasteiger partial charge >= 0.3 is 0 Å². The fourth-order valence-corrected chi connectivity index (χ4v) is 3.87. The predicted octanol–water partition coefficient (Wildman–Crippen LogP) is 3.82. The van der Waals surface area contributed by atoms with Crippen molar-refractivity contribution < 1.29 is 4.79 Å². The van der Waals surface area contributed by atoms with E-state index >= 15 is 0 Å². The summed E-state index contributed by atoms with van der Waals surface area (Å²) in [6.45, 7) is 3.40. The Morgan fingerprint density at radius 2 is 2.04 bits per heavy atom. The minimum Gasteiger partial charge on any atom is -0.337 e. The zero-order chi connectivity index (χ0) is 18.6. The number of hydrogen-bond acceptors (Lipinski definition) is 4. The van der Waals surface area contributed by atoms with E-state index < -0.39 is 0 Å². The molecule has 2 aromatic heterocycles. The lowest BCUT2D eigenvalue weighted by atomic mass is 9.93. The van der Waals surface area contributed by atoms with Gasteiger partial charge in [0.1, 0.15) is 11.5 Å². The van der Waals surface area contributed by atoms with Crippen LogP contribution >= 0.6 is 0 Å². The normalized spacial score (nSPS) is 17.7. The molecular weight excluding hydrogens is 336 g/mol. The van der Waals surface area contributed by atoms with Gasteiger partial charge in [-0.05, 0) is 62.3 Å². The van der Waals surface area contributed by atoms with E-state index in [-0.39, 0.29) is 5.91 Å².